The van der Waals surface area contributed by atoms with E-state index in [2.05, 4.69) is 9.71 Å². The average molecular weight is 309 g/mol. The molecular weight excluding hydrogens is 300 g/mol. The molecule has 0 bridgehead atoms. The van der Waals surface area contributed by atoms with Gasteiger partial charge in [-0.1, -0.05) is 11.6 Å². The summed E-state index contributed by atoms with van der Waals surface area (Å²) in [7, 11) is -3.87. The highest BCUT2D eigenvalue weighted by Gasteiger charge is 2.17. The Bertz CT molecular complexity index is 799. The second-order valence-electron chi connectivity index (χ2n) is 3.80. The van der Waals surface area contributed by atoms with E-state index in [0.717, 1.165) is 0 Å². The average Bonchev–Trinajstić information content (AvgIpc) is 2.41. The number of benzene rings is 1. The van der Waals surface area contributed by atoms with Gasteiger partial charge in [-0.15, -0.1) is 0 Å². The van der Waals surface area contributed by atoms with Gasteiger partial charge in [0.15, 0.2) is 5.82 Å². The summed E-state index contributed by atoms with van der Waals surface area (Å²) in [6.45, 7) is 0. The molecule has 102 valence electrons. The second kappa shape index (κ2) is 5.36. The van der Waals surface area contributed by atoms with E-state index >= 15 is 0 Å². The van der Waals surface area contributed by atoms with Crippen LogP contribution in [0.5, 0.6) is 0 Å². The summed E-state index contributed by atoms with van der Waals surface area (Å²) in [5.74, 6) is 0.0352. The number of rotatable bonds is 3. The number of sulfonamides is 1. The largest absolute Gasteiger partial charge is 0.396 e. The van der Waals surface area contributed by atoms with E-state index < -0.39 is 10.0 Å². The summed E-state index contributed by atoms with van der Waals surface area (Å²) in [5.41, 5.74) is 6.02. The van der Waals surface area contributed by atoms with Crippen molar-refractivity contribution in [3.63, 3.8) is 0 Å². The molecule has 0 unspecified atom stereocenters. The maximum atomic E-state index is 12.2. The highest BCUT2D eigenvalue weighted by molar-refractivity contribution is 7.92. The molecule has 2 aromatic rings. The van der Waals surface area contributed by atoms with Crippen LogP contribution in [0.25, 0.3) is 0 Å². The molecule has 6 nitrogen and oxygen atoms in total. The molecule has 8 heteroatoms. The SMILES string of the molecule is N#Cc1ccc(S(=O)(=O)Nc2ncccc2N)cc1Cl. The Labute approximate surface area is 120 Å². The zero-order valence-electron chi connectivity index (χ0n) is 10.0. The number of hydrogen-bond acceptors (Lipinski definition) is 5. The Hall–Kier alpha value is -2.30. The van der Waals surface area contributed by atoms with E-state index in [1.807, 2.05) is 6.07 Å². The Morgan fingerprint density at radius 2 is 2.10 bits per heavy atom. The van der Waals surface area contributed by atoms with E-state index in [-0.39, 0.29) is 27.0 Å². The number of halogens is 1. The highest BCUT2D eigenvalue weighted by atomic mass is 35.5. The Morgan fingerprint density at radius 3 is 2.70 bits per heavy atom. The fourth-order valence-corrected chi connectivity index (χ4v) is 2.79. The van der Waals surface area contributed by atoms with Crippen molar-refractivity contribution in [3.05, 3.63) is 47.1 Å². The quantitative estimate of drug-likeness (QED) is 0.901. The van der Waals surface area contributed by atoms with Gasteiger partial charge in [-0.2, -0.15) is 5.26 Å². The van der Waals surface area contributed by atoms with Crippen LogP contribution in [0.2, 0.25) is 5.02 Å². The van der Waals surface area contributed by atoms with Crippen molar-refractivity contribution in [1.82, 2.24) is 4.98 Å². The van der Waals surface area contributed by atoms with Crippen molar-refractivity contribution < 1.29 is 8.42 Å². The third kappa shape index (κ3) is 2.82. The number of nitrogens with two attached hydrogens (primary N) is 1. The lowest BCUT2D eigenvalue weighted by Gasteiger charge is -2.09. The van der Waals surface area contributed by atoms with Crippen LogP contribution >= 0.6 is 11.6 Å². The van der Waals surface area contributed by atoms with Gasteiger partial charge >= 0.3 is 0 Å². The van der Waals surface area contributed by atoms with Crippen LogP contribution in [-0.4, -0.2) is 13.4 Å². The van der Waals surface area contributed by atoms with E-state index in [1.165, 1.54) is 30.5 Å². The van der Waals surface area contributed by atoms with Crippen LogP contribution in [0.1, 0.15) is 5.56 Å². The van der Waals surface area contributed by atoms with Gasteiger partial charge in [-0.05, 0) is 30.3 Å². The minimum Gasteiger partial charge on any atom is -0.396 e. The normalized spacial score (nSPS) is 10.8. The summed E-state index contributed by atoms with van der Waals surface area (Å²) >= 11 is 5.81. The van der Waals surface area contributed by atoms with Crippen molar-refractivity contribution in [3.8, 4) is 6.07 Å². The Balaban J connectivity index is 2.39. The van der Waals surface area contributed by atoms with Crippen LogP contribution in [0.4, 0.5) is 11.5 Å². The lowest BCUT2D eigenvalue weighted by Crippen LogP contribution is -2.15. The summed E-state index contributed by atoms with van der Waals surface area (Å²) in [5, 5.41) is 8.82. The lowest BCUT2D eigenvalue weighted by molar-refractivity contribution is 0.601. The van der Waals surface area contributed by atoms with Gasteiger partial charge in [0.1, 0.15) is 6.07 Å². The molecule has 3 N–H and O–H groups in total. The van der Waals surface area contributed by atoms with Crippen molar-refractivity contribution in [2.45, 2.75) is 4.90 Å². The van der Waals surface area contributed by atoms with Crippen LogP contribution in [0.15, 0.2) is 41.4 Å². The molecule has 0 spiro atoms. The zero-order chi connectivity index (χ0) is 14.8. The number of nitrogens with one attached hydrogen (secondary N) is 1. The van der Waals surface area contributed by atoms with E-state index in [4.69, 9.17) is 22.6 Å². The molecule has 0 fully saturated rings. The van der Waals surface area contributed by atoms with Crippen molar-refractivity contribution >= 4 is 33.1 Å². The molecular formula is C12H9ClN4O2S. The highest BCUT2D eigenvalue weighted by Crippen LogP contribution is 2.23. The topological polar surface area (TPSA) is 109 Å². The first-order chi connectivity index (χ1) is 9.44. The molecule has 0 radical (unpaired) electrons. The predicted octanol–water partition coefficient (Wildman–Crippen LogP) is 1.99. The molecule has 0 amide bonds. The lowest BCUT2D eigenvalue weighted by atomic mass is 10.2. The zero-order valence-corrected chi connectivity index (χ0v) is 11.6. The smallest absolute Gasteiger partial charge is 0.263 e. The maximum absolute atomic E-state index is 12.2. The number of nitriles is 1. The number of nitrogens with zero attached hydrogens (tertiary/aromatic N) is 2. The van der Waals surface area contributed by atoms with Crippen LogP contribution in [-0.2, 0) is 10.0 Å². The molecule has 1 aromatic carbocycles. The first-order valence-electron chi connectivity index (χ1n) is 5.37. The summed E-state index contributed by atoms with van der Waals surface area (Å²) in [4.78, 5) is 3.77. The maximum Gasteiger partial charge on any atom is 0.263 e. The van der Waals surface area contributed by atoms with Crippen molar-refractivity contribution in [2.75, 3.05) is 10.5 Å². The van der Waals surface area contributed by atoms with Gasteiger partial charge in [0, 0.05) is 6.20 Å². The van der Waals surface area contributed by atoms with Gasteiger partial charge in [0.05, 0.1) is 21.2 Å². The molecule has 2 rings (SSSR count). The predicted molar refractivity (Wildman–Crippen MR) is 75.6 cm³/mol. The molecule has 0 saturated carbocycles. The number of pyridine rings is 1. The summed E-state index contributed by atoms with van der Waals surface area (Å²) < 4.78 is 26.6. The third-order valence-electron chi connectivity index (χ3n) is 2.44. The standard InChI is InChI=1S/C12H9ClN4O2S/c13-10-6-9(4-3-8(10)7-14)20(18,19)17-12-11(15)2-1-5-16-12/h1-6H,15H2,(H,16,17). The summed E-state index contributed by atoms with van der Waals surface area (Å²) in [6, 6.07) is 8.78. The van der Waals surface area contributed by atoms with Gasteiger partial charge in [-0.3, -0.25) is 4.72 Å². The number of anilines is 2. The monoisotopic (exact) mass is 308 g/mol. The minimum atomic E-state index is -3.87. The van der Waals surface area contributed by atoms with Crippen molar-refractivity contribution in [2.24, 2.45) is 0 Å². The fourth-order valence-electron chi connectivity index (χ4n) is 1.44. The molecule has 1 aromatic heterocycles. The molecule has 0 saturated heterocycles. The second-order valence-corrected chi connectivity index (χ2v) is 5.89. The minimum absolute atomic E-state index is 0.0352. The summed E-state index contributed by atoms with van der Waals surface area (Å²) in [6.07, 6.45) is 1.42. The molecule has 0 aliphatic rings. The van der Waals surface area contributed by atoms with Crippen molar-refractivity contribution in [1.29, 1.82) is 5.26 Å². The van der Waals surface area contributed by atoms with Crippen LogP contribution in [0.3, 0.4) is 0 Å². The number of aromatic nitrogens is 1. The molecule has 0 atom stereocenters. The number of nitrogen functional groups attached to an aromatic ring is 1. The van der Waals surface area contributed by atoms with E-state index in [1.54, 1.807) is 6.07 Å². The first kappa shape index (κ1) is 14.1. The van der Waals surface area contributed by atoms with Crippen LogP contribution in [0, 0.1) is 11.3 Å². The van der Waals surface area contributed by atoms with Crippen LogP contribution < -0.4 is 10.5 Å². The van der Waals surface area contributed by atoms with E-state index in [0.29, 0.717) is 0 Å². The molecule has 0 aliphatic heterocycles. The number of hydrogen-bond donors (Lipinski definition) is 2. The first-order valence-corrected chi connectivity index (χ1v) is 7.23. The van der Waals surface area contributed by atoms with Gasteiger partial charge in [0.25, 0.3) is 10.0 Å². The fraction of sp³-hybridized carbons (Fsp3) is 0. The van der Waals surface area contributed by atoms with Gasteiger partial charge in [-0.25, -0.2) is 13.4 Å². The molecule has 0 aliphatic carbocycles. The molecule has 1 heterocycles. The molecule has 20 heavy (non-hydrogen) atoms. The van der Waals surface area contributed by atoms with Gasteiger partial charge in [0.2, 0.25) is 0 Å². The Morgan fingerprint density at radius 1 is 1.35 bits per heavy atom. The van der Waals surface area contributed by atoms with E-state index in [9.17, 15) is 8.42 Å². The van der Waals surface area contributed by atoms with Gasteiger partial charge < -0.3 is 5.73 Å². The Kier molecular flexibility index (Phi) is 3.79. The third-order valence-corrected chi connectivity index (χ3v) is 4.09.